The van der Waals surface area contributed by atoms with E-state index >= 15 is 4.39 Å². The number of pyridine rings is 1. The van der Waals surface area contributed by atoms with Gasteiger partial charge in [0.15, 0.2) is 5.82 Å². The lowest BCUT2D eigenvalue weighted by Gasteiger charge is -2.44. The minimum atomic E-state index is -0.645. The van der Waals surface area contributed by atoms with Gasteiger partial charge in [-0.1, -0.05) is 0 Å². The van der Waals surface area contributed by atoms with Crippen LogP contribution in [0.5, 0.6) is 0 Å². The summed E-state index contributed by atoms with van der Waals surface area (Å²) in [5.41, 5.74) is 2.81. The zero-order valence-corrected chi connectivity index (χ0v) is 21.9. The molecule has 0 spiro atoms. The number of rotatable bonds is 9. The van der Waals surface area contributed by atoms with Crippen molar-refractivity contribution in [2.24, 2.45) is 5.41 Å². The van der Waals surface area contributed by atoms with Gasteiger partial charge in [-0.05, 0) is 51.1 Å². The molecule has 0 saturated carbocycles. The third-order valence-electron chi connectivity index (χ3n) is 7.15. The first-order valence-corrected chi connectivity index (χ1v) is 12.6. The van der Waals surface area contributed by atoms with Crippen molar-refractivity contribution in [3.8, 4) is 11.3 Å². The number of carbonyl (C=O) groups is 1. The fourth-order valence-electron chi connectivity index (χ4n) is 5.24. The molecule has 4 aromatic rings. The van der Waals surface area contributed by atoms with Gasteiger partial charge in [0.25, 0.3) is 0 Å². The van der Waals surface area contributed by atoms with Gasteiger partial charge in [-0.15, -0.1) is 0 Å². The van der Waals surface area contributed by atoms with E-state index in [-0.39, 0.29) is 23.1 Å². The first kappa shape index (κ1) is 25.7. The van der Waals surface area contributed by atoms with E-state index in [1.54, 1.807) is 24.4 Å². The number of halogens is 2. The van der Waals surface area contributed by atoms with Gasteiger partial charge in [0.2, 0.25) is 5.95 Å². The Hall–Kier alpha value is -3.92. The lowest BCUT2D eigenvalue weighted by Crippen LogP contribution is -2.58. The van der Waals surface area contributed by atoms with Gasteiger partial charge in [-0.2, -0.15) is 0 Å². The second kappa shape index (κ2) is 10.1. The SMILES string of the molecule is Cc1cc2c(F)cc(-c3nc(Nc4ccc(N(C)CC5(CC=O)CNC5)cn4)ncc3F)cc2n1C(C)C. The number of nitrogens with zero attached hydrogens (tertiary/aromatic N) is 5. The van der Waals surface area contributed by atoms with Crippen LogP contribution in [-0.4, -0.2) is 52.5 Å². The van der Waals surface area contributed by atoms with Crippen LogP contribution < -0.4 is 15.5 Å². The van der Waals surface area contributed by atoms with E-state index in [0.29, 0.717) is 28.7 Å². The summed E-state index contributed by atoms with van der Waals surface area (Å²) >= 11 is 0. The Kier molecular flexibility index (Phi) is 6.83. The van der Waals surface area contributed by atoms with Crippen molar-refractivity contribution in [3.05, 3.63) is 60.1 Å². The van der Waals surface area contributed by atoms with E-state index in [1.165, 1.54) is 6.07 Å². The third-order valence-corrected chi connectivity index (χ3v) is 7.15. The quantitative estimate of drug-likeness (QED) is 0.300. The van der Waals surface area contributed by atoms with Gasteiger partial charge in [0.1, 0.15) is 23.6 Å². The molecule has 0 radical (unpaired) electrons. The van der Waals surface area contributed by atoms with Gasteiger partial charge in [0.05, 0.1) is 23.6 Å². The molecule has 38 heavy (non-hydrogen) atoms. The molecule has 1 fully saturated rings. The number of aromatic nitrogens is 4. The Labute approximate surface area is 220 Å². The van der Waals surface area contributed by atoms with Crippen LogP contribution in [0.3, 0.4) is 0 Å². The van der Waals surface area contributed by atoms with Crippen LogP contribution in [0, 0.1) is 24.0 Å². The maximum atomic E-state index is 15.0. The lowest BCUT2D eigenvalue weighted by atomic mass is 9.78. The average molecular weight is 520 g/mol. The summed E-state index contributed by atoms with van der Waals surface area (Å²) in [6.45, 7) is 8.33. The molecule has 0 bridgehead atoms. The highest BCUT2D eigenvalue weighted by Gasteiger charge is 2.37. The summed E-state index contributed by atoms with van der Waals surface area (Å²) in [5.74, 6) is -0.440. The number of aryl methyl sites for hydroxylation is 1. The van der Waals surface area contributed by atoms with Crippen molar-refractivity contribution in [3.63, 3.8) is 0 Å². The number of hydrogen-bond donors (Lipinski definition) is 2. The Morgan fingerprint density at radius 3 is 2.58 bits per heavy atom. The molecule has 1 aliphatic rings. The van der Waals surface area contributed by atoms with Gasteiger partial charge in [0, 0.05) is 61.2 Å². The summed E-state index contributed by atoms with van der Waals surface area (Å²) in [6.07, 6.45) is 4.29. The maximum Gasteiger partial charge on any atom is 0.229 e. The molecule has 0 atom stereocenters. The minimum Gasteiger partial charge on any atom is -0.373 e. The molecule has 0 unspecified atom stereocenters. The second-order valence-corrected chi connectivity index (χ2v) is 10.4. The van der Waals surface area contributed by atoms with Crippen LogP contribution in [0.2, 0.25) is 0 Å². The standard InChI is InChI=1S/C28H31F2N7O/c1-17(2)37-18(3)9-21-22(29)10-19(11-24(21)37)26-23(30)13-33-27(35-26)34-25-6-5-20(12-32-25)36(4)16-28(7-8-38)14-31-15-28/h5-6,8-13,17,31H,7,14-16H2,1-4H3,(H,32,33,34,35). The summed E-state index contributed by atoms with van der Waals surface area (Å²) in [4.78, 5) is 26.0. The predicted molar refractivity (Wildman–Crippen MR) is 145 cm³/mol. The molecule has 10 heteroatoms. The van der Waals surface area contributed by atoms with Gasteiger partial charge in [-0.3, -0.25) is 0 Å². The van der Waals surface area contributed by atoms with Crippen LogP contribution in [0.4, 0.5) is 26.2 Å². The van der Waals surface area contributed by atoms with Crippen LogP contribution in [0.1, 0.15) is 32.0 Å². The average Bonchev–Trinajstić information content (AvgIpc) is 3.21. The number of benzene rings is 1. The number of hydrogen-bond acceptors (Lipinski definition) is 7. The molecule has 8 nitrogen and oxygen atoms in total. The summed E-state index contributed by atoms with van der Waals surface area (Å²) in [7, 11) is 1.97. The van der Waals surface area contributed by atoms with Crippen molar-refractivity contribution in [1.29, 1.82) is 0 Å². The maximum absolute atomic E-state index is 15.0. The molecule has 1 saturated heterocycles. The Morgan fingerprint density at radius 1 is 1.16 bits per heavy atom. The smallest absolute Gasteiger partial charge is 0.229 e. The van der Waals surface area contributed by atoms with E-state index in [2.05, 4.69) is 30.5 Å². The highest BCUT2D eigenvalue weighted by atomic mass is 19.1. The summed E-state index contributed by atoms with van der Waals surface area (Å²) < 4.78 is 31.9. The summed E-state index contributed by atoms with van der Waals surface area (Å²) in [5, 5.41) is 6.75. The van der Waals surface area contributed by atoms with Crippen LogP contribution in [-0.2, 0) is 4.79 Å². The van der Waals surface area contributed by atoms with E-state index in [4.69, 9.17) is 0 Å². The normalized spacial score (nSPS) is 14.5. The summed E-state index contributed by atoms with van der Waals surface area (Å²) in [6, 6.07) is 8.68. The topological polar surface area (TPSA) is 88.0 Å². The predicted octanol–water partition coefficient (Wildman–Crippen LogP) is 5.02. The van der Waals surface area contributed by atoms with Crippen molar-refractivity contribution >= 4 is 34.6 Å². The number of anilines is 3. The Bertz CT molecular complexity index is 1480. The van der Waals surface area contributed by atoms with Gasteiger partial charge >= 0.3 is 0 Å². The second-order valence-electron chi connectivity index (χ2n) is 10.4. The van der Waals surface area contributed by atoms with Crippen LogP contribution in [0.25, 0.3) is 22.2 Å². The molecule has 2 N–H and O–H groups in total. The van der Waals surface area contributed by atoms with Gasteiger partial charge < -0.3 is 24.9 Å². The van der Waals surface area contributed by atoms with Crippen molar-refractivity contribution < 1.29 is 13.6 Å². The number of aldehydes is 1. The van der Waals surface area contributed by atoms with Gasteiger partial charge in [-0.25, -0.2) is 23.7 Å². The molecule has 3 aromatic heterocycles. The Morgan fingerprint density at radius 2 is 1.95 bits per heavy atom. The molecular weight excluding hydrogens is 488 g/mol. The van der Waals surface area contributed by atoms with Crippen molar-refractivity contribution in [1.82, 2.24) is 24.8 Å². The fraction of sp³-hybridized carbons (Fsp3) is 0.357. The van der Waals surface area contributed by atoms with Crippen molar-refractivity contribution in [2.75, 3.05) is 36.9 Å². The third kappa shape index (κ3) is 4.83. The lowest BCUT2D eigenvalue weighted by molar-refractivity contribution is -0.110. The molecule has 1 aliphatic heterocycles. The Balaban J connectivity index is 1.38. The van der Waals surface area contributed by atoms with E-state index in [1.807, 2.05) is 38.5 Å². The van der Waals surface area contributed by atoms with E-state index in [9.17, 15) is 9.18 Å². The van der Waals surface area contributed by atoms with E-state index < -0.39 is 11.6 Å². The highest BCUT2D eigenvalue weighted by Crippen LogP contribution is 2.32. The van der Waals surface area contributed by atoms with Crippen LogP contribution >= 0.6 is 0 Å². The van der Waals surface area contributed by atoms with E-state index in [0.717, 1.165) is 43.5 Å². The molecule has 0 amide bonds. The van der Waals surface area contributed by atoms with Crippen molar-refractivity contribution in [2.45, 2.75) is 33.2 Å². The minimum absolute atomic E-state index is 0.00314. The monoisotopic (exact) mass is 519 g/mol. The number of fused-ring (bicyclic) bond motifs is 1. The highest BCUT2D eigenvalue weighted by molar-refractivity contribution is 5.87. The zero-order valence-electron chi connectivity index (χ0n) is 21.9. The molecular formula is C28H31F2N7O. The largest absolute Gasteiger partial charge is 0.373 e. The first-order valence-electron chi connectivity index (χ1n) is 12.6. The molecule has 198 valence electrons. The molecule has 0 aliphatic carbocycles. The first-order chi connectivity index (χ1) is 18.2. The fourth-order valence-corrected chi connectivity index (χ4v) is 5.24. The zero-order chi connectivity index (χ0) is 27.0. The van der Waals surface area contributed by atoms with Crippen LogP contribution in [0.15, 0.2) is 42.7 Å². The number of carbonyl (C=O) groups excluding carboxylic acids is 1. The molecule has 4 heterocycles. The molecule has 5 rings (SSSR count). The molecule has 1 aromatic carbocycles. The number of nitrogens with one attached hydrogen (secondary N) is 2.